The fraction of sp³-hybridized carbons (Fsp3) is 0.615. The Kier molecular flexibility index (Phi) is 16.6. The van der Waals surface area contributed by atoms with Crippen LogP contribution in [0.4, 0.5) is 0 Å². The van der Waals surface area contributed by atoms with Gasteiger partial charge in [-0.2, -0.15) is 0 Å². The highest BCUT2D eigenvalue weighted by molar-refractivity contribution is 7.79. The molecule has 41 heavy (non-hydrogen) atoms. The fourth-order valence-electron chi connectivity index (χ4n) is 6.41. The molecule has 1 fully saturated rings. The van der Waals surface area contributed by atoms with E-state index in [2.05, 4.69) is 84.9 Å². The van der Waals surface area contributed by atoms with Gasteiger partial charge in [-0.05, 0) is 137 Å². The van der Waals surface area contributed by atoms with Gasteiger partial charge in [-0.15, -0.1) is 0 Å². The SMILES string of the molecule is CCCC(CCC)CCc1ccc(CCC(CC/C=C(\C)C2CCC2)[C@H](C)C(N)=C(C)C=C(C)C(C)=CC=S)cc1. The van der Waals surface area contributed by atoms with Crippen LogP contribution < -0.4 is 5.73 Å². The molecule has 0 amide bonds. The number of thiocarbonyl (C=S) groups is 1. The standard InChI is InChI=1S/C39H61NS/c1-8-12-34(13-9-2)18-19-35-20-22-36(23-21-35)24-25-38(17-10-14-30(4)37-15-11-16-37)33(7)39(40)32(6)28-31(5)29(3)26-27-41/h14,20-23,26-28,33-34,37-38H,8-13,15-19,24-25,40H2,1-7H3/b29-26?,30-14+,31-28?,39-32?/t33-,38?/m0/s1. The lowest BCUT2D eigenvalue weighted by atomic mass is 9.78. The summed E-state index contributed by atoms with van der Waals surface area (Å²) in [6.07, 6.45) is 23.5. The van der Waals surface area contributed by atoms with E-state index in [9.17, 15) is 0 Å². The van der Waals surface area contributed by atoms with Crippen LogP contribution in [0.25, 0.3) is 0 Å². The first-order valence-corrected chi connectivity index (χ1v) is 17.2. The van der Waals surface area contributed by atoms with Crippen LogP contribution in [0.2, 0.25) is 0 Å². The molecule has 2 heteroatoms. The molecule has 0 bridgehead atoms. The molecule has 0 saturated heterocycles. The van der Waals surface area contributed by atoms with Crippen molar-refractivity contribution in [3.8, 4) is 0 Å². The van der Waals surface area contributed by atoms with Crippen LogP contribution in [-0.4, -0.2) is 5.37 Å². The van der Waals surface area contributed by atoms with Crippen molar-refractivity contribution in [3.63, 3.8) is 0 Å². The third-order valence-electron chi connectivity index (χ3n) is 9.84. The van der Waals surface area contributed by atoms with E-state index in [1.165, 1.54) is 98.5 Å². The van der Waals surface area contributed by atoms with Crippen LogP contribution >= 0.6 is 12.2 Å². The summed E-state index contributed by atoms with van der Waals surface area (Å²) in [7, 11) is 0. The van der Waals surface area contributed by atoms with Gasteiger partial charge in [0.2, 0.25) is 0 Å². The number of hydrogen-bond donors (Lipinski definition) is 1. The van der Waals surface area contributed by atoms with Crippen molar-refractivity contribution in [3.05, 3.63) is 81.6 Å². The van der Waals surface area contributed by atoms with Gasteiger partial charge >= 0.3 is 0 Å². The average Bonchev–Trinajstić information content (AvgIpc) is 2.92. The van der Waals surface area contributed by atoms with Crippen LogP contribution in [0, 0.1) is 23.7 Å². The Morgan fingerprint density at radius 2 is 1.46 bits per heavy atom. The summed E-state index contributed by atoms with van der Waals surface area (Å²) in [5.74, 6) is 2.63. The number of nitrogens with two attached hydrogens (primary N) is 1. The van der Waals surface area contributed by atoms with Gasteiger partial charge < -0.3 is 5.73 Å². The molecule has 0 aliphatic heterocycles. The Morgan fingerprint density at radius 1 is 0.878 bits per heavy atom. The van der Waals surface area contributed by atoms with Gasteiger partial charge in [0.05, 0.1) is 0 Å². The maximum atomic E-state index is 6.86. The summed E-state index contributed by atoms with van der Waals surface area (Å²) in [6.45, 7) is 15.8. The lowest BCUT2D eigenvalue weighted by molar-refractivity contribution is 0.347. The predicted molar refractivity (Wildman–Crippen MR) is 187 cm³/mol. The molecule has 1 aromatic carbocycles. The molecule has 228 valence electrons. The first-order valence-electron chi connectivity index (χ1n) is 16.7. The smallest absolute Gasteiger partial charge is 0.0142 e. The van der Waals surface area contributed by atoms with E-state index < -0.39 is 0 Å². The van der Waals surface area contributed by atoms with Gasteiger partial charge in [0, 0.05) is 11.1 Å². The Hall–Kier alpha value is -1.93. The third kappa shape index (κ3) is 12.5. The van der Waals surface area contributed by atoms with Crippen molar-refractivity contribution in [2.45, 2.75) is 132 Å². The monoisotopic (exact) mass is 575 g/mol. The zero-order valence-corrected chi connectivity index (χ0v) is 28.4. The quantitative estimate of drug-likeness (QED) is 0.0768. The molecule has 0 heterocycles. The van der Waals surface area contributed by atoms with Crippen molar-refractivity contribution in [1.82, 2.24) is 0 Å². The molecule has 0 radical (unpaired) electrons. The van der Waals surface area contributed by atoms with E-state index in [0.29, 0.717) is 11.8 Å². The van der Waals surface area contributed by atoms with Crippen molar-refractivity contribution >= 4 is 17.6 Å². The second kappa shape index (κ2) is 19.3. The Balaban J connectivity index is 2.10. The zero-order chi connectivity index (χ0) is 30.2. The van der Waals surface area contributed by atoms with Crippen LogP contribution in [0.3, 0.4) is 0 Å². The van der Waals surface area contributed by atoms with Crippen LogP contribution in [0.15, 0.2) is 70.5 Å². The summed E-state index contributed by atoms with van der Waals surface area (Å²) >= 11 is 5.02. The minimum Gasteiger partial charge on any atom is -0.402 e. The first-order chi connectivity index (χ1) is 19.7. The van der Waals surface area contributed by atoms with E-state index in [1.807, 2.05) is 6.08 Å². The van der Waals surface area contributed by atoms with E-state index >= 15 is 0 Å². The molecule has 0 aromatic heterocycles. The molecule has 1 nitrogen and oxygen atoms in total. The molecule has 2 rings (SSSR count). The van der Waals surface area contributed by atoms with E-state index in [1.54, 1.807) is 10.9 Å². The Morgan fingerprint density at radius 3 is 1.98 bits per heavy atom. The molecule has 1 aromatic rings. The topological polar surface area (TPSA) is 26.0 Å². The second-order valence-corrected chi connectivity index (χ2v) is 13.3. The summed E-state index contributed by atoms with van der Waals surface area (Å²) in [5.41, 5.74) is 16.1. The number of aryl methyl sites for hydroxylation is 2. The number of hydrogen-bond acceptors (Lipinski definition) is 2. The van der Waals surface area contributed by atoms with Crippen molar-refractivity contribution in [2.75, 3.05) is 0 Å². The van der Waals surface area contributed by atoms with E-state index in [-0.39, 0.29) is 0 Å². The molecule has 2 atom stereocenters. The van der Waals surface area contributed by atoms with Gasteiger partial charge in [0.25, 0.3) is 0 Å². The lowest BCUT2D eigenvalue weighted by Gasteiger charge is -2.28. The maximum absolute atomic E-state index is 6.86. The van der Waals surface area contributed by atoms with Crippen molar-refractivity contribution in [2.24, 2.45) is 29.4 Å². The predicted octanol–water partition coefficient (Wildman–Crippen LogP) is 11.7. The van der Waals surface area contributed by atoms with Crippen LogP contribution in [0.1, 0.15) is 130 Å². The molecule has 0 spiro atoms. The highest BCUT2D eigenvalue weighted by Crippen LogP contribution is 2.34. The largest absolute Gasteiger partial charge is 0.402 e. The number of rotatable bonds is 19. The number of benzene rings is 1. The highest BCUT2D eigenvalue weighted by atomic mass is 32.1. The van der Waals surface area contributed by atoms with Gasteiger partial charge in [0.15, 0.2) is 0 Å². The molecule has 1 unspecified atom stereocenters. The van der Waals surface area contributed by atoms with Gasteiger partial charge in [-0.1, -0.05) is 107 Å². The molecular weight excluding hydrogens is 515 g/mol. The van der Waals surface area contributed by atoms with Gasteiger partial charge in [0.1, 0.15) is 0 Å². The second-order valence-electron chi connectivity index (χ2n) is 13.0. The number of allylic oxidation sites excluding steroid dienone is 8. The molecule has 1 aliphatic carbocycles. The minimum absolute atomic E-state index is 0.347. The lowest BCUT2D eigenvalue weighted by Crippen LogP contribution is -2.21. The Bertz CT molecular complexity index is 1030. The summed E-state index contributed by atoms with van der Waals surface area (Å²) < 4.78 is 0. The molecule has 2 N–H and O–H groups in total. The average molecular weight is 576 g/mol. The summed E-state index contributed by atoms with van der Waals surface area (Å²) in [5, 5.41) is 1.69. The third-order valence-corrected chi connectivity index (χ3v) is 9.98. The van der Waals surface area contributed by atoms with Gasteiger partial charge in [-0.25, -0.2) is 0 Å². The van der Waals surface area contributed by atoms with Gasteiger partial charge in [-0.3, -0.25) is 0 Å². The Labute approximate surface area is 259 Å². The van der Waals surface area contributed by atoms with Crippen LogP contribution in [0.5, 0.6) is 0 Å². The van der Waals surface area contributed by atoms with Crippen molar-refractivity contribution in [1.29, 1.82) is 0 Å². The minimum atomic E-state index is 0.347. The highest BCUT2D eigenvalue weighted by Gasteiger charge is 2.22. The molecule has 1 saturated carbocycles. The zero-order valence-electron chi connectivity index (χ0n) is 27.6. The maximum Gasteiger partial charge on any atom is 0.0142 e. The molecule has 1 aliphatic rings. The van der Waals surface area contributed by atoms with E-state index in [4.69, 9.17) is 18.0 Å². The summed E-state index contributed by atoms with van der Waals surface area (Å²) in [6, 6.07) is 9.54. The summed E-state index contributed by atoms with van der Waals surface area (Å²) in [4.78, 5) is 0. The van der Waals surface area contributed by atoms with Crippen molar-refractivity contribution < 1.29 is 0 Å². The first kappa shape index (κ1) is 35.3. The van der Waals surface area contributed by atoms with E-state index in [0.717, 1.165) is 30.4 Å². The normalized spacial score (nSPS) is 17.3. The molecular formula is C39H61NS. The van der Waals surface area contributed by atoms with Crippen LogP contribution in [-0.2, 0) is 12.8 Å². The fourth-order valence-corrected chi connectivity index (χ4v) is 6.62.